The minimum absolute atomic E-state index is 0.116. The van der Waals surface area contributed by atoms with E-state index in [4.69, 9.17) is 0 Å². The third-order valence-electron chi connectivity index (χ3n) is 4.01. The quantitative estimate of drug-likeness (QED) is 0.287. The highest BCUT2D eigenvalue weighted by molar-refractivity contribution is 6.01. The summed E-state index contributed by atoms with van der Waals surface area (Å²) in [7, 11) is 0. The van der Waals surface area contributed by atoms with Crippen molar-refractivity contribution in [3.63, 3.8) is 0 Å². The van der Waals surface area contributed by atoms with E-state index >= 15 is 0 Å². The van der Waals surface area contributed by atoms with E-state index < -0.39 is 34.6 Å². The van der Waals surface area contributed by atoms with E-state index in [2.05, 4.69) is 19.6 Å². The normalized spacial score (nSPS) is 13.4. The van der Waals surface area contributed by atoms with E-state index in [-0.39, 0.29) is 24.8 Å². The average molecular weight is 433 g/mol. The molecule has 0 N–H and O–H groups in total. The molecule has 0 heterocycles. The fourth-order valence-electron chi connectivity index (χ4n) is 2.31. The topological polar surface area (TPSA) is 105 Å². The molecule has 0 aromatic carbocycles. The van der Waals surface area contributed by atoms with Crippen LogP contribution in [0.2, 0.25) is 0 Å². The fraction of sp³-hybridized carbons (Fsp3) is 0.818. The predicted octanol–water partition coefficient (Wildman–Crippen LogP) is 4.25. The summed E-state index contributed by atoms with van der Waals surface area (Å²) >= 11 is 0. The Hall–Kier alpha value is -1.80. The first-order valence-corrected chi connectivity index (χ1v) is 10.4. The molecular weight excluding hydrogens is 392 g/mol. The van der Waals surface area contributed by atoms with E-state index in [9.17, 15) is 19.2 Å². The molecule has 0 saturated carbocycles. The van der Waals surface area contributed by atoms with Crippen molar-refractivity contribution in [2.75, 3.05) is 13.2 Å². The Balaban J connectivity index is 0. The second kappa shape index (κ2) is 14.2. The van der Waals surface area contributed by atoms with Gasteiger partial charge in [0.05, 0.1) is 13.2 Å². The summed E-state index contributed by atoms with van der Waals surface area (Å²) in [5, 5.41) is 0. The van der Waals surface area contributed by atoms with Crippen molar-refractivity contribution in [1.82, 2.24) is 0 Å². The van der Waals surface area contributed by atoms with Crippen LogP contribution in [-0.2, 0) is 38.7 Å². The largest absolute Gasteiger partial charge is 0.352 e. The van der Waals surface area contributed by atoms with Crippen molar-refractivity contribution < 1.29 is 38.7 Å². The Kier molecular flexibility index (Phi) is 14.4. The number of rotatable bonds is 10. The van der Waals surface area contributed by atoms with Gasteiger partial charge in [0.2, 0.25) is 0 Å². The highest BCUT2D eigenvalue weighted by Gasteiger charge is 2.35. The van der Waals surface area contributed by atoms with Gasteiger partial charge in [0.15, 0.2) is 11.6 Å². The zero-order valence-electron chi connectivity index (χ0n) is 20.2. The van der Waals surface area contributed by atoms with Gasteiger partial charge in [-0.25, -0.2) is 9.59 Å². The Labute approximate surface area is 180 Å². The summed E-state index contributed by atoms with van der Waals surface area (Å²) in [5.74, 6) is -2.88. The van der Waals surface area contributed by atoms with Crippen LogP contribution in [0, 0.1) is 22.7 Å². The molecule has 0 fully saturated rings. The molecule has 0 aliphatic rings. The maximum Gasteiger partial charge on any atom is 0.352 e. The summed E-state index contributed by atoms with van der Waals surface area (Å²) in [6, 6.07) is 0. The van der Waals surface area contributed by atoms with Gasteiger partial charge >= 0.3 is 11.9 Å². The lowest BCUT2D eigenvalue weighted by atomic mass is 9.82. The van der Waals surface area contributed by atoms with Crippen LogP contribution < -0.4 is 0 Å². The molecule has 30 heavy (non-hydrogen) atoms. The summed E-state index contributed by atoms with van der Waals surface area (Å²) in [4.78, 5) is 64.7. The van der Waals surface area contributed by atoms with Crippen LogP contribution in [0.1, 0.15) is 82.1 Å². The first kappa shape index (κ1) is 30.4. The second-order valence-corrected chi connectivity index (χ2v) is 8.77. The minimum atomic E-state index is -0.725. The smallest absolute Gasteiger partial charge is 0.298 e. The monoisotopic (exact) mass is 432 g/mol. The molecule has 0 saturated heterocycles. The van der Waals surface area contributed by atoms with Gasteiger partial charge < -0.3 is 0 Å². The summed E-state index contributed by atoms with van der Waals surface area (Å²) in [5.41, 5.74) is -1.07. The molecule has 0 aliphatic carbocycles. The number of hydrogen-bond donors (Lipinski definition) is 0. The standard InChI is InChI=1S/2C11H20O4/c2*1-6-8(9(12)11(3,4)5)10(13)15-14-7-2/h2*8H,6-7H2,1-5H3. The lowest BCUT2D eigenvalue weighted by Crippen LogP contribution is -2.34. The van der Waals surface area contributed by atoms with Crippen molar-refractivity contribution in [2.45, 2.75) is 82.1 Å². The number of carbonyl (C=O) groups excluding carboxylic acids is 4. The third kappa shape index (κ3) is 11.4. The first-order chi connectivity index (χ1) is 13.7. The molecule has 0 amide bonds. The zero-order valence-corrected chi connectivity index (χ0v) is 20.2. The van der Waals surface area contributed by atoms with Crippen molar-refractivity contribution >= 4 is 23.5 Å². The van der Waals surface area contributed by atoms with E-state index in [1.807, 2.05) is 0 Å². The van der Waals surface area contributed by atoms with Crippen molar-refractivity contribution in [3.05, 3.63) is 0 Å². The molecule has 2 atom stereocenters. The summed E-state index contributed by atoms with van der Waals surface area (Å²) in [6.45, 7) is 18.2. The van der Waals surface area contributed by atoms with Crippen LogP contribution in [0.15, 0.2) is 0 Å². The molecule has 0 bridgehead atoms. The lowest BCUT2D eigenvalue weighted by molar-refractivity contribution is -0.273. The first-order valence-electron chi connectivity index (χ1n) is 10.4. The van der Waals surface area contributed by atoms with E-state index in [0.717, 1.165) is 0 Å². The van der Waals surface area contributed by atoms with Gasteiger partial charge in [0.25, 0.3) is 0 Å². The maximum absolute atomic E-state index is 11.8. The molecular formula is C22H40O8. The third-order valence-corrected chi connectivity index (χ3v) is 4.01. The van der Waals surface area contributed by atoms with Crippen LogP contribution in [0.4, 0.5) is 0 Å². The number of carbonyl (C=O) groups is 4. The number of Topliss-reactive ketones (excluding diaryl/α,β-unsaturated/α-hetero) is 2. The van der Waals surface area contributed by atoms with Crippen LogP contribution in [0.25, 0.3) is 0 Å². The Morgan fingerprint density at radius 3 is 1.03 bits per heavy atom. The van der Waals surface area contributed by atoms with Gasteiger partial charge in [-0.1, -0.05) is 55.4 Å². The van der Waals surface area contributed by atoms with Crippen molar-refractivity contribution in [2.24, 2.45) is 22.7 Å². The highest BCUT2D eigenvalue weighted by Crippen LogP contribution is 2.24. The van der Waals surface area contributed by atoms with Gasteiger partial charge in [-0.15, -0.1) is 0 Å². The van der Waals surface area contributed by atoms with Crippen LogP contribution in [0.3, 0.4) is 0 Å². The van der Waals surface area contributed by atoms with Crippen LogP contribution >= 0.6 is 0 Å². The van der Waals surface area contributed by atoms with Crippen LogP contribution in [0.5, 0.6) is 0 Å². The Morgan fingerprint density at radius 2 is 0.867 bits per heavy atom. The molecule has 176 valence electrons. The van der Waals surface area contributed by atoms with E-state index in [1.54, 1.807) is 69.2 Å². The van der Waals surface area contributed by atoms with E-state index in [1.165, 1.54) is 0 Å². The molecule has 0 aromatic heterocycles. The van der Waals surface area contributed by atoms with Gasteiger partial charge in [-0.05, 0) is 26.7 Å². The molecule has 8 nitrogen and oxygen atoms in total. The molecule has 0 spiro atoms. The Bertz CT molecular complexity index is 504. The van der Waals surface area contributed by atoms with Gasteiger partial charge in [0, 0.05) is 10.8 Å². The SMILES string of the molecule is CCOOC(=O)C(CC)C(=O)C(C)(C)C.CCOOC(=O)C(CC)C(=O)C(C)(C)C. The molecule has 0 aliphatic heterocycles. The fourth-order valence-corrected chi connectivity index (χ4v) is 2.31. The van der Waals surface area contributed by atoms with E-state index in [0.29, 0.717) is 12.8 Å². The highest BCUT2D eigenvalue weighted by atomic mass is 17.2. The maximum atomic E-state index is 11.8. The average Bonchev–Trinajstić information content (AvgIpc) is 2.64. The molecule has 8 heteroatoms. The number of hydrogen-bond acceptors (Lipinski definition) is 8. The van der Waals surface area contributed by atoms with Gasteiger partial charge in [-0.3, -0.25) is 19.4 Å². The lowest BCUT2D eigenvalue weighted by Gasteiger charge is -2.21. The molecule has 0 radical (unpaired) electrons. The molecule has 0 rings (SSSR count). The minimum Gasteiger partial charge on any atom is -0.298 e. The second-order valence-electron chi connectivity index (χ2n) is 8.77. The van der Waals surface area contributed by atoms with Crippen LogP contribution in [-0.4, -0.2) is 36.7 Å². The Morgan fingerprint density at radius 1 is 0.600 bits per heavy atom. The summed E-state index contributed by atoms with van der Waals surface area (Å²) < 4.78 is 0. The van der Waals surface area contributed by atoms with Gasteiger partial charge in [0.1, 0.15) is 11.8 Å². The molecule has 0 aromatic rings. The molecule has 2 unspecified atom stereocenters. The van der Waals surface area contributed by atoms with Crippen molar-refractivity contribution in [3.8, 4) is 0 Å². The van der Waals surface area contributed by atoms with Crippen molar-refractivity contribution in [1.29, 1.82) is 0 Å². The zero-order chi connectivity index (χ0) is 24.1. The predicted molar refractivity (Wildman–Crippen MR) is 112 cm³/mol. The summed E-state index contributed by atoms with van der Waals surface area (Å²) in [6.07, 6.45) is 0.865. The number of ketones is 2. The van der Waals surface area contributed by atoms with Gasteiger partial charge in [-0.2, -0.15) is 9.78 Å².